The third-order valence-electron chi connectivity index (χ3n) is 4.86. The molecule has 0 saturated carbocycles. The van der Waals surface area contributed by atoms with Crippen LogP contribution in [0.3, 0.4) is 0 Å². The highest BCUT2D eigenvalue weighted by Crippen LogP contribution is 2.14. The van der Waals surface area contributed by atoms with Crippen molar-refractivity contribution in [2.24, 2.45) is 5.73 Å². The molecule has 0 aliphatic carbocycles. The Kier molecular flexibility index (Phi) is 26.0. The maximum Gasteiger partial charge on any atom is 0.300 e. The molecule has 3 N–H and O–H groups in total. The summed E-state index contributed by atoms with van der Waals surface area (Å²) < 4.78 is 0. The molecule has 0 amide bonds. The highest BCUT2D eigenvalue weighted by atomic mass is 16.4. The van der Waals surface area contributed by atoms with Crippen LogP contribution in [0.15, 0.2) is 0 Å². The summed E-state index contributed by atoms with van der Waals surface area (Å²) in [5, 5.41) is 7.42. The van der Waals surface area contributed by atoms with Gasteiger partial charge >= 0.3 is 0 Å². The fourth-order valence-electron chi connectivity index (χ4n) is 3.23. The lowest BCUT2D eigenvalue weighted by molar-refractivity contribution is -0.134. The number of aliphatic carboxylic acids is 1. The molecule has 3 heteroatoms. The minimum atomic E-state index is -0.833. The van der Waals surface area contributed by atoms with Gasteiger partial charge in [0.15, 0.2) is 0 Å². The van der Waals surface area contributed by atoms with Crippen molar-refractivity contribution in [3.63, 3.8) is 0 Å². The van der Waals surface area contributed by atoms with Crippen molar-refractivity contribution in [1.82, 2.24) is 0 Å². The predicted octanol–water partition coefficient (Wildman–Crippen LogP) is 7.47. The topological polar surface area (TPSA) is 63.3 Å². The second-order valence-electron chi connectivity index (χ2n) is 7.81. The van der Waals surface area contributed by atoms with Crippen LogP contribution in [-0.2, 0) is 4.79 Å². The summed E-state index contributed by atoms with van der Waals surface area (Å²) in [4.78, 5) is 9.00. The van der Waals surface area contributed by atoms with Crippen LogP contribution in [0.1, 0.15) is 136 Å². The highest BCUT2D eigenvalue weighted by Gasteiger charge is 2.02. The second-order valence-corrected chi connectivity index (χ2v) is 7.81. The number of hydrogen-bond donors (Lipinski definition) is 2. The monoisotopic (exact) mass is 371 g/mol. The minimum absolute atomic E-state index is 0.472. The van der Waals surface area contributed by atoms with Crippen molar-refractivity contribution < 1.29 is 9.90 Å². The van der Waals surface area contributed by atoms with Gasteiger partial charge in [0, 0.05) is 13.0 Å². The van der Waals surface area contributed by atoms with Gasteiger partial charge in [-0.25, -0.2) is 0 Å². The molecule has 0 rings (SSSR count). The molecule has 0 aromatic carbocycles. The van der Waals surface area contributed by atoms with Gasteiger partial charge in [0.05, 0.1) is 0 Å². The van der Waals surface area contributed by atoms with Gasteiger partial charge in [-0.05, 0) is 12.8 Å². The summed E-state index contributed by atoms with van der Waals surface area (Å²) >= 11 is 0. The van der Waals surface area contributed by atoms with Crippen molar-refractivity contribution in [1.29, 1.82) is 0 Å². The fraction of sp³-hybridized carbons (Fsp3) is 0.957. The van der Waals surface area contributed by atoms with E-state index in [0.29, 0.717) is 6.04 Å². The fourth-order valence-corrected chi connectivity index (χ4v) is 3.23. The Morgan fingerprint density at radius 1 is 0.654 bits per heavy atom. The van der Waals surface area contributed by atoms with Gasteiger partial charge in [0.2, 0.25) is 0 Å². The van der Waals surface area contributed by atoms with Crippen LogP contribution in [0, 0.1) is 0 Å². The van der Waals surface area contributed by atoms with Gasteiger partial charge in [-0.15, -0.1) is 0 Å². The quantitative estimate of drug-likeness (QED) is 0.246. The first-order valence-corrected chi connectivity index (χ1v) is 11.5. The maximum absolute atomic E-state index is 9.00. The van der Waals surface area contributed by atoms with E-state index >= 15 is 0 Å². The average molecular weight is 372 g/mol. The second kappa shape index (κ2) is 24.4. The van der Waals surface area contributed by atoms with Crippen LogP contribution in [-0.4, -0.2) is 17.1 Å². The Bertz CT molecular complexity index is 245. The van der Waals surface area contributed by atoms with E-state index in [2.05, 4.69) is 13.8 Å². The molecule has 0 unspecified atom stereocenters. The zero-order chi connectivity index (χ0) is 19.9. The summed E-state index contributed by atoms with van der Waals surface area (Å²) in [5.41, 5.74) is 6.23. The molecule has 0 bridgehead atoms. The zero-order valence-electron chi connectivity index (χ0n) is 18.2. The van der Waals surface area contributed by atoms with E-state index in [1.54, 1.807) is 0 Å². The Balaban J connectivity index is 0. The van der Waals surface area contributed by atoms with Crippen LogP contribution >= 0.6 is 0 Å². The van der Waals surface area contributed by atoms with Crippen molar-refractivity contribution in [3.8, 4) is 0 Å². The SMILES string of the molecule is CC(=O)O.CCCCCCCCCCC(N)CCCCCCCCCC. The third kappa shape index (κ3) is 31.2. The average Bonchev–Trinajstić information content (AvgIpc) is 2.59. The molecule has 0 aromatic rings. The van der Waals surface area contributed by atoms with E-state index in [1.165, 1.54) is 116 Å². The highest BCUT2D eigenvalue weighted by molar-refractivity contribution is 5.62. The molecule has 0 saturated heterocycles. The number of unbranched alkanes of at least 4 members (excludes halogenated alkanes) is 14. The first-order chi connectivity index (χ1) is 12.5. The zero-order valence-corrected chi connectivity index (χ0v) is 18.2. The molecule has 26 heavy (non-hydrogen) atoms. The van der Waals surface area contributed by atoms with Gasteiger partial charge < -0.3 is 10.8 Å². The predicted molar refractivity (Wildman–Crippen MR) is 116 cm³/mol. The molecular formula is C23H49NO2. The molecule has 0 aliphatic heterocycles. The number of rotatable bonds is 18. The van der Waals surface area contributed by atoms with E-state index < -0.39 is 5.97 Å². The summed E-state index contributed by atoms with van der Waals surface area (Å²) in [7, 11) is 0. The smallest absolute Gasteiger partial charge is 0.300 e. The molecular weight excluding hydrogens is 322 g/mol. The Morgan fingerprint density at radius 3 is 1.15 bits per heavy atom. The Labute approximate surface area is 164 Å². The number of nitrogens with two attached hydrogens (primary N) is 1. The summed E-state index contributed by atoms with van der Waals surface area (Å²) in [5.74, 6) is -0.833. The standard InChI is InChI=1S/C21H45N.C2H4O2/c1-3-5-7-9-11-13-15-17-19-21(22)20-18-16-14-12-10-8-6-4-2;1-2(3)4/h21H,3-20,22H2,1-2H3;1H3,(H,3,4). The third-order valence-corrected chi connectivity index (χ3v) is 4.86. The molecule has 0 aliphatic rings. The summed E-state index contributed by atoms with van der Waals surface area (Å²) in [6, 6.07) is 0.472. The lowest BCUT2D eigenvalue weighted by atomic mass is 10.0. The van der Waals surface area contributed by atoms with Crippen LogP contribution in [0.5, 0.6) is 0 Å². The van der Waals surface area contributed by atoms with Gasteiger partial charge in [0.25, 0.3) is 5.97 Å². The molecule has 0 aromatic heterocycles. The largest absolute Gasteiger partial charge is 0.481 e. The molecule has 0 fully saturated rings. The van der Waals surface area contributed by atoms with E-state index in [9.17, 15) is 0 Å². The van der Waals surface area contributed by atoms with E-state index in [4.69, 9.17) is 15.6 Å². The summed E-state index contributed by atoms with van der Waals surface area (Å²) in [6.45, 7) is 5.65. The minimum Gasteiger partial charge on any atom is -0.481 e. The lowest BCUT2D eigenvalue weighted by Crippen LogP contribution is -2.19. The van der Waals surface area contributed by atoms with E-state index in [1.807, 2.05) is 0 Å². The van der Waals surface area contributed by atoms with Gasteiger partial charge in [0.1, 0.15) is 0 Å². The number of carbonyl (C=O) groups is 1. The first kappa shape index (κ1) is 27.6. The van der Waals surface area contributed by atoms with Gasteiger partial charge in [-0.3, -0.25) is 4.79 Å². The van der Waals surface area contributed by atoms with Crippen molar-refractivity contribution in [2.75, 3.05) is 0 Å². The van der Waals surface area contributed by atoms with Crippen LogP contribution in [0.4, 0.5) is 0 Å². The Morgan fingerprint density at radius 2 is 0.885 bits per heavy atom. The number of carboxylic acids is 1. The summed E-state index contributed by atoms with van der Waals surface area (Å²) in [6.07, 6.45) is 25.1. The first-order valence-electron chi connectivity index (χ1n) is 11.5. The van der Waals surface area contributed by atoms with Crippen molar-refractivity contribution >= 4 is 5.97 Å². The van der Waals surface area contributed by atoms with Gasteiger partial charge in [-0.2, -0.15) is 0 Å². The molecule has 3 nitrogen and oxygen atoms in total. The molecule has 0 heterocycles. The Hall–Kier alpha value is -0.570. The molecule has 0 radical (unpaired) electrons. The molecule has 158 valence electrons. The van der Waals surface area contributed by atoms with Crippen LogP contribution in [0.2, 0.25) is 0 Å². The lowest BCUT2D eigenvalue weighted by Gasteiger charge is -2.11. The van der Waals surface area contributed by atoms with E-state index in [-0.39, 0.29) is 0 Å². The normalized spacial score (nSPS) is 10.7. The van der Waals surface area contributed by atoms with E-state index in [0.717, 1.165) is 6.92 Å². The molecule has 0 spiro atoms. The van der Waals surface area contributed by atoms with Gasteiger partial charge in [-0.1, -0.05) is 117 Å². The number of carboxylic acid groups (broad SMARTS) is 1. The van der Waals surface area contributed by atoms with Crippen molar-refractivity contribution in [2.45, 2.75) is 142 Å². The van der Waals surface area contributed by atoms with Crippen LogP contribution in [0.25, 0.3) is 0 Å². The molecule has 0 atom stereocenters. The maximum atomic E-state index is 9.00. The van der Waals surface area contributed by atoms with Crippen LogP contribution < -0.4 is 5.73 Å². The van der Waals surface area contributed by atoms with Crippen molar-refractivity contribution in [3.05, 3.63) is 0 Å². The number of hydrogen-bond acceptors (Lipinski definition) is 2.